The number of hydrogen-bond acceptors (Lipinski definition) is 10. The molecular weight excluding hydrogens is 672 g/mol. The maximum atomic E-state index is 13.5. The molecule has 0 radical (unpaired) electrons. The average molecular weight is 704 g/mol. The Morgan fingerprint density at radius 2 is 0.915 bits per heavy atom. The van der Waals surface area contributed by atoms with Crippen molar-refractivity contribution >= 4 is 39.8 Å². The van der Waals surface area contributed by atoms with Crippen LogP contribution in [-0.2, 0) is 28.4 Å². The zero-order chi connectivity index (χ0) is 33.0. The molecule has 242 valence electrons. The minimum atomic E-state index is -1.46. The van der Waals surface area contributed by atoms with Gasteiger partial charge in [-0.1, -0.05) is 88.7 Å². The number of benzene rings is 4. The summed E-state index contributed by atoms with van der Waals surface area (Å²) in [5, 5.41) is 0.390. The lowest BCUT2D eigenvalue weighted by Crippen LogP contribution is -2.63. The van der Waals surface area contributed by atoms with Gasteiger partial charge in [0.2, 0.25) is 0 Å². The van der Waals surface area contributed by atoms with Crippen LogP contribution in [0.2, 0.25) is 0 Å². The van der Waals surface area contributed by atoms with Gasteiger partial charge < -0.3 is 28.4 Å². The Bertz CT molecular complexity index is 1620. The van der Waals surface area contributed by atoms with E-state index in [0.717, 1.165) is 0 Å². The van der Waals surface area contributed by atoms with E-state index in [0.29, 0.717) is 5.33 Å². The highest BCUT2D eigenvalue weighted by atomic mass is 79.9. The predicted octanol–water partition coefficient (Wildman–Crippen LogP) is 5.66. The SMILES string of the molecule is O=C(OC[C@H]1O[C@@H](OCCBr)[C@H](OC(=O)c2ccccc2)[C@@H](OC(=O)c2ccccc2)[C@@H]1OC(=O)c1ccccc1)c1ccccc1. The Morgan fingerprint density at radius 1 is 0.532 bits per heavy atom. The molecule has 1 saturated heterocycles. The Balaban J connectivity index is 1.53. The number of ether oxygens (including phenoxy) is 6. The first kappa shape index (κ1) is 33.5. The molecule has 4 aromatic rings. The fourth-order valence-corrected chi connectivity index (χ4v) is 5.01. The van der Waals surface area contributed by atoms with Crippen molar-refractivity contribution in [3.8, 4) is 0 Å². The Hall–Kier alpha value is -4.84. The molecule has 10 nitrogen and oxygen atoms in total. The first-order valence-electron chi connectivity index (χ1n) is 14.8. The van der Waals surface area contributed by atoms with Gasteiger partial charge in [0.15, 0.2) is 24.6 Å². The predicted molar refractivity (Wildman–Crippen MR) is 172 cm³/mol. The number of alkyl halides is 1. The quantitative estimate of drug-likeness (QED) is 0.104. The van der Waals surface area contributed by atoms with Crippen molar-refractivity contribution in [3.63, 3.8) is 0 Å². The summed E-state index contributed by atoms with van der Waals surface area (Å²) in [6.07, 6.45) is -6.82. The van der Waals surface area contributed by atoms with Gasteiger partial charge in [0, 0.05) is 5.33 Å². The highest BCUT2D eigenvalue weighted by molar-refractivity contribution is 9.09. The minimum absolute atomic E-state index is 0.106. The largest absolute Gasteiger partial charge is 0.459 e. The molecule has 1 aliphatic heterocycles. The van der Waals surface area contributed by atoms with Gasteiger partial charge in [-0.15, -0.1) is 0 Å². The van der Waals surface area contributed by atoms with E-state index < -0.39 is 61.2 Å². The summed E-state index contributed by atoms with van der Waals surface area (Å²) in [5.41, 5.74) is 0.910. The fraction of sp³-hybridized carbons (Fsp3) is 0.222. The van der Waals surface area contributed by atoms with E-state index in [4.69, 9.17) is 28.4 Å². The highest BCUT2D eigenvalue weighted by Crippen LogP contribution is 2.32. The average Bonchev–Trinajstić information content (AvgIpc) is 3.13. The summed E-state index contributed by atoms with van der Waals surface area (Å²) >= 11 is 3.32. The molecule has 0 N–H and O–H groups in total. The van der Waals surface area contributed by atoms with Crippen LogP contribution in [0.3, 0.4) is 0 Å². The van der Waals surface area contributed by atoms with Crippen molar-refractivity contribution in [2.45, 2.75) is 30.7 Å². The third kappa shape index (κ3) is 8.91. The molecular formula is C36H31BrO10. The van der Waals surface area contributed by atoms with Crippen LogP contribution in [0.4, 0.5) is 0 Å². The van der Waals surface area contributed by atoms with E-state index >= 15 is 0 Å². The van der Waals surface area contributed by atoms with Crippen LogP contribution in [0.15, 0.2) is 121 Å². The number of hydrogen-bond donors (Lipinski definition) is 0. The van der Waals surface area contributed by atoms with Gasteiger partial charge in [-0.3, -0.25) is 0 Å². The van der Waals surface area contributed by atoms with Crippen molar-refractivity contribution in [1.82, 2.24) is 0 Å². The van der Waals surface area contributed by atoms with E-state index in [9.17, 15) is 19.2 Å². The second-order valence-electron chi connectivity index (χ2n) is 10.3. The Kier molecular flexibility index (Phi) is 11.9. The normalized spacial score (nSPS) is 20.4. The van der Waals surface area contributed by atoms with Crippen LogP contribution >= 0.6 is 15.9 Å². The highest BCUT2D eigenvalue weighted by Gasteiger charge is 2.53. The van der Waals surface area contributed by atoms with Crippen LogP contribution in [-0.4, -0.2) is 73.1 Å². The smallest absolute Gasteiger partial charge is 0.338 e. The molecule has 1 fully saturated rings. The molecule has 0 saturated carbocycles. The van der Waals surface area contributed by atoms with Gasteiger partial charge in [-0.2, -0.15) is 0 Å². The van der Waals surface area contributed by atoms with E-state index in [1.54, 1.807) is 121 Å². The first-order valence-corrected chi connectivity index (χ1v) is 15.9. The number of rotatable bonds is 12. The van der Waals surface area contributed by atoms with Crippen LogP contribution in [0.25, 0.3) is 0 Å². The molecule has 0 aliphatic carbocycles. The van der Waals surface area contributed by atoms with E-state index in [2.05, 4.69) is 15.9 Å². The maximum Gasteiger partial charge on any atom is 0.338 e. The molecule has 4 aromatic carbocycles. The number of carbonyl (C=O) groups excluding carboxylic acids is 4. The lowest BCUT2D eigenvalue weighted by Gasteiger charge is -2.44. The van der Waals surface area contributed by atoms with Crippen molar-refractivity contribution in [2.24, 2.45) is 0 Å². The standard InChI is InChI=1S/C36H31BrO10/c37-21-22-42-36-31(47-35(41)27-19-11-4-12-20-27)30(46-34(40)26-17-9-3-10-18-26)29(45-33(39)25-15-7-2-8-16-25)28(44-36)23-43-32(38)24-13-5-1-6-14-24/h1-20,28-31,36H,21-23H2/t28-,29-,30+,31-,36-/m1/s1. The van der Waals surface area contributed by atoms with Crippen LogP contribution in [0.5, 0.6) is 0 Å². The maximum absolute atomic E-state index is 13.5. The van der Waals surface area contributed by atoms with Gasteiger partial charge in [-0.25, -0.2) is 19.2 Å². The second kappa shape index (κ2) is 16.6. The lowest BCUT2D eigenvalue weighted by molar-refractivity contribution is -0.297. The van der Waals surface area contributed by atoms with Gasteiger partial charge in [-0.05, 0) is 48.5 Å². The second-order valence-corrected chi connectivity index (χ2v) is 11.1. The first-order chi connectivity index (χ1) is 22.9. The summed E-state index contributed by atoms with van der Waals surface area (Å²) < 4.78 is 35.6. The van der Waals surface area contributed by atoms with Crippen molar-refractivity contribution < 1.29 is 47.6 Å². The number of esters is 4. The Morgan fingerprint density at radius 3 is 1.34 bits per heavy atom. The molecule has 0 amide bonds. The summed E-state index contributed by atoms with van der Waals surface area (Å²) in [7, 11) is 0. The van der Waals surface area contributed by atoms with E-state index in [1.165, 1.54) is 0 Å². The molecule has 11 heteroatoms. The molecule has 0 aromatic heterocycles. The molecule has 5 rings (SSSR count). The summed E-state index contributed by atoms with van der Waals surface area (Å²) in [6, 6.07) is 32.8. The van der Waals surface area contributed by atoms with Crippen LogP contribution in [0.1, 0.15) is 41.4 Å². The van der Waals surface area contributed by atoms with E-state index in [1.807, 2.05) is 0 Å². The topological polar surface area (TPSA) is 124 Å². The minimum Gasteiger partial charge on any atom is -0.459 e. The van der Waals surface area contributed by atoms with Crippen molar-refractivity contribution in [3.05, 3.63) is 144 Å². The monoisotopic (exact) mass is 702 g/mol. The van der Waals surface area contributed by atoms with Gasteiger partial charge in [0.1, 0.15) is 12.7 Å². The molecule has 0 bridgehead atoms. The molecule has 0 spiro atoms. The summed E-state index contributed by atoms with van der Waals surface area (Å²) in [6.45, 7) is -0.318. The molecule has 0 unspecified atom stereocenters. The summed E-state index contributed by atoms with van der Waals surface area (Å²) in [4.78, 5) is 53.3. The number of halogens is 1. The van der Waals surface area contributed by atoms with Crippen molar-refractivity contribution in [2.75, 3.05) is 18.5 Å². The lowest BCUT2D eigenvalue weighted by atomic mass is 9.97. The third-order valence-electron chi connectivity index (χ3n) is 7.10. The molecule has 1 aliphatic rings. The zero-order valence-electron chi connectivity index (χ0n) is 25.0. The van der Waals surface area contributed by atoms with E-state index in [-0.39, 0.29) is 28.9 Å². The third-order valence-corrected chi connectivity index (χ3v) is 7.42. The van der Waals surface area contributed by atoms with Gasteiger partial charge in [0.05, 0.1) is 28.9 Å². The summed E-state index contributed by atoms with van der Waals surface area (Å²) in [5.74, 6) is -2.96. The van der Waals surface area contributed by atoms with Crippen LogP contribution in [0, 0.1) is 0 Å². The molecule has 5 atom stereocenters. The molecule has 47 heavy (non-hydrogen) atoms. The van der Waals surface area contributed by atoms with Crippen molar-refractivity contribution in [1.29, 1.82) is 0 Å². The fourth-order valence-electron chi connectivity index (χ4n) is 4.82. The van der Waals surface area contributed by atoms with Gasteiger partial charge >= 0.3 is 23.9 Å². The zero-order valence-corrected chi connectivity index (χ0v) is 26.6. The Labute approximate surface area is 279 Å². The number of carbonyl (C=O) groups is 4. The molecule has 1 heterocycles. The van der Waals surface area contributed by atoms with Crippen LogP contribution < -0.4 is 0 Å². The van der Waals surface area contributed by atoms with Gasteiger partial charge in [0.25, 0.3) is 0 Å².